The van der Waals surface area contributed by atoms with Gasteiger partial charge in [-0.2, -0.15) is 0 Å². The van der Waals surface area contributed by atoms with Gasteiger partial charge in [0.25, 0.3) is 0 Å². The Kier molecular flexibility index (Phi) is 4.14. The van der Waals surface area contributed by atoms with E-state index in [1.807, 2.05) is 13.8 Å². The van der Waals surface area contributed by atoms with Crippen LogP contribution < -0.4 is 5.32 Å². The lowest BCUT2D eigenvalue weighted by atomic mass is 10.1. The summed E-state index contributed by atoms with van der Waals surface area (Å²) in [6, 6.07) is 3.49. The number of rotatable bonds is 4. The number of halogens is 2. The van der Waals surface area contributed by atoms with Crippen LogP contribution in [0.2, 0.25) is 0 Å². The van der Waals surface area contributed by atoms with Gasteiger partial charge in [0.15, 0.2) is 0 Å². The minimum absolute atomic E-state index is 0.0296. The Morgan fingerprint density at radius 3 is 2.84 bits per heavy atom. The van der Waals surface area contributed by atoms with Crippen molar-refractivity contribution < 1.29 is 13.6 Å². The first-order valence-corrected chi connectivity index (χ1v) is 6.54. The van der Waals surface area contributed by atoms with Crippen LogP contribution in [0, 0.1) is 11.6 Å². The summed E-state index contributed by atoms with van der Waals surface area (Å²) in [5.74, 6) is -1.28. The van der Waals surface area contributed by atoms with Crippen molar-refractivity contribution in [3.63, 3.8) is 0 Å². The zero-order chi connectivity index (χ0) is 14.0. The third-order valence-corrected chi connectivity index (χ3v) is 3.45. The summed E-state index contributed by atoms with van der Waals surface area (Å²) in [5.41, 5.74) is 0.315. The average Bonchev–Trinajstić information content (AvgIpc) is 2.71. The molecule has 3 nitrogen and oxygen atoms in total. The standard InChI is InChI=1S/C14H18F2N2O/c1-3-4-9(2)18-13(19)8-17-14(18)11-6-5-10(15)7-12(11)16/h5-7,9,14,17H,3-4,8H2,1-2H3. The van der Waals surface area contributed by atoms with Crippen molar-refractivity contribution in [2.45, 2.75) is 38.9 Å². The van der Waals surface area contributed by atoms with Gasteiger partial charge >= 0.3 is 0 Å². The molecule has 2 atom stereocenters. The third kappa shape index (κ3) is 2.76. The highest BCUT2D eigenvalue weighted by molar-refractivity contribution is 5.81. The number of hydrogen-bond donors (Lipinski definition) is 1. The molecule has 0 spiro atoms. The monoisotopic (exact) mass is 268 g/mol. The first-order chi connectivity index (χ1) is 9.04. The maximum atomic E-state index is 13.8. The molecule has 1 aromatic rings. The zero-order valence-corrected chi connectivity index (χ0v) is 11.1. The summed E-state index contributed by atoms with van der Waals surface area (Å²) in [4.78, 5) is 13.6. The molecule has 1 fully saturated rings. The minimum atomic E-state index is -0.624. The van der Waals surface area contributed by atoms with Crippen LogP contribution in [0.5, 0.6) is 0 Å². The predicted molar refractivity (Wildman–Crippen MR) is 68.3 cm³/mol. The Morgan fingerprint density at radius 1 is 1.47 bits per heavy atom. The SMILES string of the molecule is CCCC(C)N1C(=O)CNC1c1ccc(F)cc1F. The van der Waals surface area contributed by atoms with Gasteiger partial charge in [-0.05, 0) is 25.5 Å². The van der Waals surface area contributed by atoms with Crippen LogP contribution >= 0.6 is 0 Å². The molecular weight excluding hydrogens is 250 g/mol. The molecule has 2 unspecified atom stereocenters. The fourth-order valence-corrected chi connectivity index (χ4v) is 2.56. The van der Waals surface area contributed by atoms with Crippen molar-refractivity contribution in [2.24, 2.45) is 0 Å². The number of nitrogens with zero attached hydrogens (tertiary/aromatic N) is 1. The highest BCUT2D eigenvalue weighted by Crippen LogP contribution is 2.28. The lowest BCUT2D eigenvalue weighted by Crippen LogP contribution is -2.38. The van der Waals surface area contributed by atoms with E-state index in [9.17, 15) is 13.6 Å². The Labute approximate surface area is 111 Å². The number of hydrogen-bond acceptors (Lipinski definition) is 2. The largest absolute Gasteiger partial charge is 0.319 e. The van der Waals surface area contributed by atoms with Crippen LogP contribution in [-0.2, 0) is 4.79 Å². The van der Waals surface area contributed by atoms with Gasteiger partial charge in [-0.1, -0.05) is 13.3 Å². The van der Waals surface area contributed by atoms with E-state index in [0.717, 1.165) is 18.9 Å². The average molecular weight is 268 g/mol. The first-order valence-electron chi connectivity index (χ1n) is 6.54. The fraction of sp³-hybridized carbons (Fsp3) is 0.500. The van der Waals surface area contributed by atoms with Crippen LogP contribution in [0.15, 0.2) is 18.2 Å². The number of carbonyl (C=O) groups is 1. The van der Waals surface area contributed by atoms with Crippen molar-refractivity contribution >= 4 is 5.91 Å². The second kappa shape index (κ2) is 5.65. The minimum Gasteiger partial charge on any atom is -0.319 e. The van der Waals surface area contributed by atoms with Crippen LogP contribution in [0.3, 0.4) is 0 Å². The zero-order valence-electron chi connectivity index (χ0n) is 11.1. The second-order valence-electron chi connectivity index (χ2n) is 4.89. The van der Waals surface area contributed by atoms with Crippen molar-refractivity contribution in [3.8, 4) is 0 Å². The van der Waals surface area contributed by atoms with Gasteiger partial charge in [0.1, 0.15) is 17.8 Å². The van der Waals surface area contributed by atoms with E-state index in [2.05, 4.69) is 5.32 Å². The van der Waals surface area contributed by atoms with Crippen molar-refractivity contribution in [2.75, 3.05) is 6.54 Å². The normalized spacial score (nSPS) is 20.9. The fourth-order valence-electron chi connectivity index (χ4n) is 2.56. The van der Waals surface area contributed by atoms with Gasteiger partial charge in [0, 0.05) is 17.7 Å². The molecule has 0 saturated carbocycles. The van der Waals surface area contributed by atoms with Crippen molar-refractivity contribution in [1.82, 2.24) is 10.2 Å². The molecule has 1 aromatic carbocycles. The predicted octanol–water partition coefficient (Wildman–Crippen LogP) is 2.58. The van der Waals surface area contributed by atoms with Crippen LogP contribution in [0.25, 0.3) is 0 Å². The lowest BCUT2D eigenvalue weighted by Gasteiger charge is -2.30. The summed E-state index contributed by atoms with van der Waals surface area (Å²) in [5, 5.41) is 2.99. The molecule has 1 heterocycles. The van der Waals surface area contributed by atoms with Crippen LogP contribution in [-0.4, -0.2) is 23.4 Å². The molecule has 1 aliphatic heterocycles. The van der Waals surface area contributed by atoms with Crippen LogP contribution in [0.4, 0.5) is 8.78 Å². The highest BCUT2D eigenvalue weighted by Gasteiger charge is 2.35. The van der Waals surface area contributed by atoms with E-state index < -0.39 is 17.8 Å². The Hall–Kier alpha value is -1.49. The van der Waals surface area contributed by atoms with Crippen molar-refractivity contribution in [3.05, 3.63) is 35.4 Å². The topological polar surface area (TPSA) is 32.3 Å². The van der Waals surface area contributed by atoms with Gasteiger partial charge in [-0.15, -0.1) is 0 Å². The molecule has 1 aliphatic rings. The van der Waals surface area contributed by atoms with E-state index >= 15 is 0 Å². The molecule has 1 amide bonds. The summed E-state index contributed by atoms with van der Waals surface area (Å²) in [7, 11) is 0. The second-order valence-corrected chi connectivity index (χ2v) is 4.89. The number of benzene rings is 1. The van der Waals surface area contributed by atoms with E-state index in [4.69, 9.17) is 0 Å². The lowest BCUT2D eigenvalue weighted by molar-refractivity contribution is -0.130. The molecular formula is C14H18F2N2O. The van der Waals surface area contributed by atoms with Gasteiger partial charge < -0.3 is 4.90 Å². The van der Waals surface area contributed by atoms with Crippen molar-refractivity contribution in [1.29, 1.82) is 0 Å². The number of amides is 1. The molecule has 0 aliphatic carbocycles. The van der Waals surface area contributed by atoms with Gasteiger partial charge in [0.05, 0.1) is 6.54 Å². The molecule has 1 N–H and O–H groups in total. The Balaban J connectivity index is 2.29. The summed E-state index contributed by atoms with van der Waals surface area (Å²) in [6.45, 7) is 4.18. The summed E-state index contributed by atoms with van der Waals surface area (Å²) < 4.78 is 26.8. The molecule has 19 heavy (non-hydrogen) atoms. The maximum Gasteiger partial charge on any atom is 0.238 e. The van der Waals surface area contributed by atoms with E-state index in [-0.39, 0.29) is 18.5 Å². The van der Waals surface area contributed by atoms with Gasteiger partial charge in [-0.3, -0.25) is 10.1 Å². The molecule has 104 valence electrons. The summed E-state index contributed by atoms with van der Waals surface area (Å²) in [6.07, 6.45) is 1.30. The molecule has 0 radical (unpaired) electrons. The smallest absolute Gasteiger partial charge is 0.238 e. The van der Waals surface area contributed by atoms with Crippen LogP contribution in [0.1, 0.15) is 38.4 Å². The molecule has 2 rings (SSSR count). The molecule has 0 aromatic heterocycles. The molecule has 1 saturated heterocycles. The Bertz CT molecular complexity index is 479. The van der Waals surface area contributed by atoms with Gasteiger partial charge in [-0.25, -0.2) is 8.78 Å². The number of carbonyl (C=O) groups excluding carboxylic acids is 1. The maximum absolute atomic E-state index is 13.8. The molecule has 5 heteroatoms. The van der Waals surface area contributed by atoms with E-state index in [1.54, 1.807) is 4.90 Å². The number of nitrogens with one attached hydrogen (secondary N) is 1. The van der Waals surface area contributed by atoms with E-state index in [0.29, 0.717) is 5.56 Å². The van der Waals surface area contributed by atoms with E-state index in [1.165, 1.54) is 12.1 Å². The van der Waals surface area contributed by atoms with Gasteiger partial charge in [0.2, 0.25) is 5.91 Å². The quantitative estimate of drug-likeness (QED) is 0.910. The molecule has 0 bridgehead atoms. The first kappa shape index (κ1) is 13.9. The third-order valence-electron chi connectivity index (χ3n) is 3.45. The Morgan fingerprint density at radius 2 is 2.21 bits per heavy atom. The highest BCUT2D eigenvalue weighted by atomic mass is 19.1. The summed E-state index contributed by atoms with van der Waals surface area (Å²) >= 11 is 0.